The van der Waals surface area contributed by atoms with Crippen molar-refractivity contribution < 1.29 is 9.53 Å². The van der Waals surface area contributed by atoms with E-state index in [0.29, 0.717) is 0 Å². The van der Waals surface area contributed by atoms with Gasteiger partial charge in [0.2, 0.25) is 0 Å². The summed E-state index contributed by atoms with van der Waals surface area (Å²) in [6.07, 6.45) is 4.11. The molecule has 0 radical (unpaired) electrons. The third-order valence-corrected chi connectivity index (χ3v) is 2.07. The average molecular weight is 199 g/mol. The minimum Gasteiger partial charge on any atom is -0.447 e. The summed E-state index contributed by atoms with van der Waals surface area (Å²) < 4.78 is 5.08. The monoisotopic (exact) mass is 199 g/mol. The SMILES string of the molecule is C=CC(CCC)NC(=O)OC(C)CC. The van der Waals surface area contributed by atoms with Crippen molar-refractivity contribution in [2.24, 2.45) is 0 Å². The minimum atomic E-state index is -0.349. The lowest BCUT2D eigenvalue weighted by Crippen LogP contribution is -2.35. The predicted octanol–water partition coefficient (Wildman–Crippen LogP) is 2.87. The fraction of sp³-hybridized carbons (Fsp3) is 0.727. The van der Waals surface area contributed by atoms with Crippen LogP contribution in [-0.2, 0) is 4.74 Å². The molecule has 0 aliphatic heterocycles. The summed E-state index contributed by atoms with van der Waals surface area (Å²) in [4.78, 5) is 11.3. The highest BCUT2D eigenvalue weighted by Crippen LogP contribution is 2.00. The zero-order valence-electron chi connectivity index (χ0n) is 9.38. The molecule has 2 unspecified atom stereocenters. The molecule has 0 heterocycles. The molecule has 82 valence electrons. The van der Waals surface area contributed by atoms with Crippen LogP contribution in [0.1, 0.15) is 40.0 Å². The van der Waals surface area contributed by atoms with Crippen molar-refractivity contribution in [1.29, 1.82) is 0 Å². The van der Waals surface area contributed by atoms with Crippen molar-refractivity contribution in [3.63, 3.8) is 0 Å². The second-order valence-electron chi connectivity index (χ2n) is 3.40. The first-order valence-electron chi connectivity index (χ1n) is 5.23. The van der Waals surface area contributed by atoms with Gasteiger partial charge in [-0.2, -0.15) is 0 Å². The standard InChI is InChI=1S/C11H21NO2/c1-5-8-10(7-3)12-11(13)14-9(4)6-2/h7,9-10H,3,5-6,8H2,1-2,4H3,(H,12,13). The van der Waals surface area contributed by atoms with Gasteiger partial charge in [0.1, 0.15) is 6.10 Å². The van der Waals surface area contributed by atoms with Crippen LogP contribution in [0, 0.1) is 0 Å². The highest BCUT2D eigenvalue weighted by molar-refractivity contribution is 5.68. The largest absolute Gasteiger partial charge is 0.447 e. The van der Waals surface area contributed by atoms with Crippen LogP contribution in [0.4, 0.5) is 4.79 Å². The highest BCUT2D eigenvalue weighted by atomic mass is 16.6. The van der Waals surface area contributed by atoms with Gasteiger partial charge < -0.3 is 10.1 Å². The Morgan fingerprint density at radius 2 is 2.21 bits per heavy atom. The molecule has 0 fully saturated rings. The van der Waals surface area contributed by atoms with E-state index in [9.17, 15) is 4.79 Å². The molecule has 2 atom stereocenters. The first-order chi connectivity index (χ1) is 6.63. The van der Waals surface area contributed by atoms with Crippen LogP contribution in [0.25, 0.3) is 0 Å². The van der Waals surface area contributed by atoms with Crippen molar-refractivity contribution in [2.75, 3.05) is 0 Å². The van der Waals surface area contributed by atoms with Gasteiger partial charge in [0.15, 0.2) is 0 Å². The number of amides is 1. The van der Waals surface area contributed by atoms with Crippen LogP contribution in [0.5, 0.6) is 0 Å². The van der Waals surface area contributed by atoms with E-state index in [0.717, 1.165) is 19.3 Å². The second kappa shape index (κ2) is 7.42. The Morgan fingerprint density at radius 1 is 1.57 bits per heavy atom. The van der Waals surface area contributed by atoms with Crippen LogP contribution >= 0.6 is 0 Å². The lowest BCUT2D eigenvalue weighted by Gasteiger charge is -2.16. The topological polar surface area (TPSA) is 38.3 Å². The molecule has 0 aromatic heterocycles. The van der Waals surface area contributed by atoms with Crippen LogP contribution in [0.2, 0.25) is 0 Å². The van der Waals surface area contributed by atoms with E-state index in [2.05, 4.69) is 18.8 Å². The zero-order chi connectivity index (χ0) is 11.0. The quantitative estimate of drug-likeness (QED) is 0.668. The fourth-order valence-corrected chi connectivity index (χ4v) is 1.01. The van der Waals surface area contributed by atoms with Crippen molar-refractivity contribution >= 4 is 6.09 Å². The van der Waals surface area contributed by atoms with E-state index in [-0.39, 0.29) is 18.2 Å². The molecule has 0 aromatic carbocycles. The third-order valence-electron chi connectivity index (χ3n) is 2.07. The highest BCUT2D eigenvalue weighted by Gasteiger charge is 2.10. The third kappa shape index (κ3) is 5.62. The van der Waals surface area contributed by atoms with Gasteiger partial charge in [-0.3, -0.25) is 0 Å². The predicted molar refractivity (Wildman–Crippen MR) is 58.3 cm³/mol. The molecule has 0 aromatic rings. The van der Waals surface area contributed by atoms with Gasteiger partial charge >= 0.3 is 6.09 Å². The maximum atomic E-state index is 11.3. The Balaban J connectivity index is 3.84. The normalized spacial score (nSPS) is 14.2. The summed E-state index contributed by atoms with van der Waals surface area (Å²) in [6.45, 7) is 9.59. The number of alkyl carbamates (subject to hydrolysis) is 1. The summed E-state index contributed by atoms with van der Waals surface area (Å²) in [5.41, 5.74) is 0. The Morgan fingerprint density at radius 3 is 2.64 bits per heavy atom. The molecule has 3 heteroatoms. The van der Waals surface area contributed by atoms with Gasteiger partial charge in [-0.15, -0.1) is 6.58 Å². The molecule has 0 saturated carbocycles. The molecule has 3 nitrogen and oxygen atoms in total. The molecule has 0 aliphatic carbocycles. The van der Waals surface area contributed by atoms with Crippen LogP contribution in [-0.4, -0.2) is 18.2 Å². The summed E-state index contributed by atoms with van der Waals surface area (Å²) >= 11 is 0. The summed E-state index contributed by atoms with van der Waals surface area (Å²) in [5, 5.41) is 2.75. The van der Waals surface area contributed by atoms with Crippen LogP contribution in [0.3, 0.4) is 0 Å². The van der Waals surface area contributed by atoms with Crippen molar-refractivity contribution in [3.8, 4) is 0 Å². The van der Waals surface area contributed by atoms with E-state index in [4.69, 9.17) is 4.74 Å². The summed E-state index contributed by atoms with van der Waals surface area (Å²) in [6, 6.07) is 0.0246. The van der Waals surface area contributed by atoms with Crippen LogP contribution in [0.15, 0.2) is 12.7 Å². The van der Waals surface area contributed by atoms with E-state index < -0.39 is 0 Å². The van der Waals surface area contributed by atoms with Crippen molar-refractivity contribution in [1.82, 2.24) is 5.32 Å². The van der Waals surface area contributed by atoms with E-state index >= 15 is 0 Å². The first-order valence-corrected chi connectivity index (χ1v) is 5.23. The van der Waals surface area contributed by atoms with Gasteiger partial charge in [-0.25, -0.2) is 4.79 Å². The number of carbonyl (C=O) groups excluding carboxylic acids is 1. The molecule has 14 heavy (non-hydrogen) atoms. The van der Waals surface area contributed by atoms with Gasteiger partial charge in [0.05, 0.1) is 6.04 Å². The summed E-state index contributed by atoms with van der Waals surface area (Å²) in [7, 11) is 0. The maximum Gasteiger partial charge on any atom is 0.407 e. The number of hydrogen-bond acceptors (Lipinski definition) is 2. The fourth-order valence-electron chi connectivity index (χ4n) is 1.01. The minimum absolute atomic E-state index is 0.0246. The average Bonchev–Trinajstić information content (AvgIpc) is 2.16. The number of rotatable bonds is 6. The first kappa shape index (κ1) is 13.0. The summed E-state index contributed by atoms with van der Waals surface area (Å²) in [5.74, 6) is 0. The van der Waals surface area contributed by atoms with Crippen LogP contribution < -0.4 is 5.32 Å². The Kier molecular flexibility index (Phi) is 6.89. The van der Waals surface area contributed by atoms with E-state index in [1.807, 2.05) is 13.8 Å². The number of ether oxygens (including phenoxy) is 1. The van der Waals surface area contributed by atoms with Gasteiger partial charge in [-0.05, 0) is 19.8 Å². The second-order valence-corrected chi connectivity index (χ2v) is 3.40. The molecular weight excluding hydrogens is 178 g/mol. The molecule has 0 aliphatic rings. The molecule has 0 saturated heterocycles. The van der Waals surface area contributed by atoms with Gasteiger partial charge in [0.25, 0.3) is 0 Å². The Bertz CT molecular complexity index is 180. The smallest absolute Gasteiger partial charge is 0.407 e. The lowest BCUT2D eigenvalue weighted by molar-refractivity contribution is 0.103. The zero-order valence-corrected chi connectivity index (χ0v) is 9.38. The molecular formula is C11H21NO2. The number of carbonyl (C=O) groups is 1. The number of nitrogens with one attached hydrogen (secondary N) is 1. The van der Waals surface area contributed by atoms with Gasteiger partial charge in [-0.1, -0.05) is 26.3 Å². The number of hydrogen-bond donors (Lipinski definition) is 1. The molecule has 1 N–H and O–H groups in total. The Labute approximate surface area is 86.5 Å². The van der Waals surface area contributed by atoms with Crippen molar-refractivity contribution in [3.05, 3.63) is 12.7 Å². The van der Waals surface area contributed by atoms with E-state index in [1.165, 1.54) is 0 Å². The molecule has 1 amide bonds. The van der Waals surface area contributed by atoms with Gasteiger partial charge in [0, 0.05) is 0 Å². The van der Waals surface area contributed by atoms with Crippen molar-refractivity contribution in [2.45, 2.75) is 52.2 Å². The molecule has 0 spiro atoms. The molecule has 0 bridgehead atoms. The lowest BCUT2D eigenvalue weighted by atomic mass is 10.2. The maximum absolute atomic E-state index is 11.3. The molecule has 0 rings (SSSR count). The Hall–Kier alpha value is -0.990. The van der Waals surface area contributed by atoms with E-state index in [1.54, 1.807) is 6.08 Å².